The highest BCUT2D eigenvalue weighted by molar-refractivity contribution is 6.04. The average molecular weight is 504 g/mol. The summed E-state index contributed by atoms with van der Waals surface area (Å²) < 4.78 is 65.9. The Labute approximate surface area is 203 Å². The molecule has 0 radical (unpaired) electrons. The first kappa shape index (κ1) is 25.1. The number of nitrogens with one attached hydrogen (secondary N) is 1. The molecule has 1 fully saturated rings. The molecule has 2 amide bonds. The van der Waals surface area contributed by atoms with Gasteiger partial charge in [0.05, 0.1) is 23.0 Å². The van der Waals surface area contributed by atoms with Gasteiger partial charge >= 0.3 is 6.18 Å². The monoisotopic (exact) mass is 504 g/mol. The zero-order valence-electron chi connectivity index (χ0n) is 18.9. The Balaban J connectivity index is 1.38. The van der Waals surface area contributed by atoms with E-state index in [4.69, 9.17) is 0 Å². The first-order valence-corrected chi connectivity index (χ1v) is 11.1. The standard InChI is InChI=1S/C25H21F5N4O2/c26-18-5-7-20(21(27)14-18)24(36)34-10-2-9-33(11-12-34)22-8-6-19(15-31-22)32-23(35)16-3-1-4-17(13-16)25(28,29)30/h1,3-8,13-15H,2,9-12H2,(H,32,35). The lowest BCUT2D eigenvalue weighted by Gasteiger charge is -2.23. The number of carbonyl (C=O) groups is 2. The molecule has 3 aromatic rings. The van der Waals surface area contributed by atoms with E-state index in [0.29, 0.717) is 50.2 Å². The fraction of sp³-hybridized carbons (Fsp3) is 0.240. The molecule has 1 aliphatic rings. The number of hydrogen-bond acceptors (Lipinski definition) is 4. The quantitative estimate of drug-likeness (QED) is 0.509. The Morgan fingerprint density at radius 3 is 2.42 bits per heavy atom. The van der Waals surface area contributed by atoms with Crippen LogP contribution in [0, 0.1) is 11.6 Å². The normalized spacial score (nSPS) is 14.4. The molecule has 0 unspecified atom stereocenters. The van der Waals surface area contributed by atoms with Gasteiger partial charge in [-0.05, 0) is 48.9 Å². The van der Waals surface area contributed by atoms with E-state index in [-0.39, 0.29) is 11.1 Å². The molecule has 4 rings (SSSR count). The molecule has 0 saturated carbocycles. The van der Waals surface area contributed by atoms with Crippen molar-refractivity contribution in [1.82, 2.24) is 9.88 Å². The van der Waals surface area contributed by atoms with Gasteiger partial charge in [0, 0.05) is 37.8 Å². The fourth-order valence-corrected chi connectivity index (χ4v) is 3.87. The highest BCUT2D eigenvalue weighted by atomic mass is 19.4. The van der Waals surface area contributed by atoms with Crippen LogP contribution in [0.1, 0.15) is 32.7 Å². The van der Waals surface area contributed by atoms with Crippen molar-refractivity contribution in [2.45, 2.75) is 12.6 Å². The third kappa shape index (κ3) is 5.78. The minimum atomic E-state index is -4.56. The summed E-state index contributed by atoms with van der Waals surface area (Å²) in [6, 6.07) is 10.2. The molecule has 36 heavy (non-hydrogen) atoms. The van der Waals surface area contributed by atoms with Crippen LogP contribution in [0.5, 0.6) is 0 Å². The number of anilines is 2. The van der Waals surface area contributed by atoms with Crippen LogP contribution >= 0.6 is 0 Å². The van der Waals surface area contributed by atoms with Crippen molar-refractivity contribution < 1.29 is 31.5 Å². The number of pyridine rings is 1. The second kappa shape index (κ2) is 10.3. The zero-order chi connectivity index (χ0) is 25.9. The lowest BCUT2D eigenvalue weighted by molar-refractivity contribution is -0.137. The van der Waals surface area contributed by atoms with Gasteiger partial charge in [0.1, 0.15) is 17.5 Å². The summed E-state index contributed by atoms with van der Waals surface area (Å²) in [5, 5.41) is 2.53. The van der Waals surface area contributed by atoms with Gasteiger partial charge in [-0.1, -0.05) is 6.07 Å². The van der Waals surface area contributed by atoms with Crippen molar-refractivity contribution in [3.8, 4) is 0 Å². The number of halogens is 5. The molecule has 1 saturated heterocycles. The lowest BCUT2D eigenvalue weighted by Crippen LogP contribution is -2.35. The molecule has 0 spiro atoms. The number of nitrogens with zero attached hydrogens (tertiary/aromatic N) is 3. The van der Waals surface area contributed by atoms with Crippen LogP contribution in [0.25, 0.3) is 0 Å². The maximum atomic E-state index is 14.0. The van der Waals surface area contributed by atoms with E-state index in [0.717, 1.165) is 30.3 Å². The van der Waals surface area contributed by atoms with Crippen molar-refractivity contribution in [1.29, 1.82) is 0 Å². The van der Waals surface area contributed by atoms with Gasteiger partial charge in [-0.3, -0.25) is 9.59 Å². The summed E-state index contributed by atoms with van der Waals surface area (Å²) in [7, 11) is 0. The number of hydrogen-bond donors (Lipinski definition) is 1. The molecule has 2 heterocycles. The molecule has 188 valence electrons. The molecule has 0 atom stereocenters. The number of carbonyl (C=O) groups excluding carboxylic acids is 2. The summed E-state index contributed by atoms with van der Waals surface area (Å²) in [6.45, 7) is 1.67. The summed E-state index contributed by atoms with van der Waals surface area (Å²) in [5.41, 5.74) is -0.938. The number of amides is 2. The van der Waals surface area contributed by atoms with Crippen LogP contribution in [-0.4, -0.2) is 47.9 Å². The van der Waals surface area contributed by atoms with Gasteiger partial charge in [-0.25, -0.2) is 13.8 Å². The Hall–Kier alpha value is -4.02. The Kier molecular flexibility index (Phi) is 7.18. The molecule has 1 aliphatic heterocycles. The molecule has 2 aromatic carbocycles. The van der Waals surface area contributed by atoms with Crippen molar-refractivity contribution in [3.63, 3.8) is 0 Å². The Morgan fingerprint density at radius 1 is 0.917 bits per heavy atom. The van der Waals surface area contributed by atoms with Crippen LogP contribution in [-0.2, 0) is 6.18 Å². The van der Waals surface area contributed by atoms with Crippen molar-refractivity contribution in [3.05, 3.63) is 89.1 Å². The molecular formula is C25H21F5N4O2. The van der Waals surface area contributed by atoms with Crippen molar-refractivity contribution >= 4 is 23.3 Å². The number of alkyl halides is 3. The summed E-state index contributed by atoms with van der Waals surface area (Å²) in [4.78, 5) is 32.8. The number of aromatic nitrogens is 1. The summed E-state index contributed by atoms with van der Waals surface area (Å²) in [6.07, 6.45) is -2.58. The van der Waals surface area contributed by atoms with E-state index in [2.05, 4.69) is 10.3 Å². The average Bonchev–Trinajstić information content (AvgIpc) is 3.10. The van der Waals surface area contributed by atoms with Gasteiger partial charge in [0.2, 0.25) is 0 Å². The second-order valence-corrected chi connectivity index (χ2v) is 8.19. The smallest absolute Gasteiger partial charge is 0.355 e. The summed E-state index contributed by atoms with van der Waals surface area (Å²) >= 11 is 0. The molecule has 0 bridgehead atoms. The zero-order valence-corrected chi connectivity index (χ0v) is 18.9. The highest BCUT2D eigenvalue weighted by Gasteiger charge is 2.31. The van der Waals surface area contributed by atoms with E-state index in [1.54, 1.807) is 12.1 Å². The van der Waals surface area contributed by atoms with Gasteiger partial charge in [-0.2, -0.15) is 13.2 Å². The summed E-state index contributed by atoms with van der Waals surface area (Å²) in [5.74, 6) is -2.31. The van der Waals surface area contributed by atoms with Crippen LogP contribution in [0.15, 0.2) is 60.8 Å². The third-order valence-corrected chi connectivity index (χ3v) is 5.73. The van der Waals surface area contributed by atoms with Crippen LogP contribution in [0.3, 0.4) is 0 Å². The highest BCUT2D eigenvalue weighted by Crippen LogP contribution is 2.29. The fourth-order valence-electron chi connectivity index (χ4n) is 3.87. The van der Waals surface area contributed by atoms with Crippen molar-refractivity contribution in [2.24, 2.45) is 0 Å². The first-order valence-electron chi connectivity index (χ1n) is 11.1. The first-order chi connectivity index (χ1) is 17.1. The molecule has 11 heteroatoms. The van der Waals surface area contributed by atoms with E-state index in [9.17, 15) is 31.5 Å². The predicted octanol–water partition coefficient (Wildman–Crippen LogP) is 4.98. The molecule has 0 aliphatic carbocycles. The van der Waals surface area contributed by atoms with Crippen LogP contribution in [0.4, 0.5) is 33.5 Å². The van der Waals surface area contributed by atoms with Crippen molar-refractivity contribution in [2.75, 3.05) is 36.4 Å². The van der Waals surface area contributed by atoms with E-state index in [1.807, 2.05) is 4.90 Å². The molecular weight excluding hydrogens is 483 g/mol. The minimum absolute atomic E-state index is 0.135. The second-order valence-electron chi connectivity index (χ2n) is 8.19. The van der Waals surface area contributed by atoms with Gasteiger partial charge < -0.3 is 15.1 Å². The SMILES string of the molecule is O=C(Nc1ccc(N2CCCN(C(=O)c3ccc(F)cc3F)CC2)nc1)c1cccc(C(F)(F)F)c1. The predicted molar refractivity (Wildman–Crippen MR) is 123 cm³/mol. The van der Waals surface area contributed by atoms with Crippen LogP contribution in [0.2, 0.25) is 0 Å². The lowest BCUT2D eigenvalue weighted by atomic mass is 10.1. The maximum absolute atomic E-state index is 14.0. The Morgan fingerprint density at radius 2 is 1.72 bits per heavy atom. The topological polar surface area (TPSA) is 65.5 Å². The van der Waals surface area contributed by atoms with E-state index >= 15 is 0 Å². The Bertz CT molecular complexity index is 1260. The third-order valence-electron chi connectivity index (χ3n) is 5.73. The maximum Gasteiger partial charge on any atom is 0.416 e. The van der Waals surface area contributed by atoms with E-state index < -0.39 is 35.2 Å². The van der Waals surface area contributed by atoms with E-state index in [1.165, 1.54) is 17.2 Å². The molecule has 1 N–H and O–H groups in total. The van der Waals surface area contributed by atoms with Crippen LogP contribution < -0.4 is 10.2 Å². The molecule has 6 nitrogen and oxygen atoms in total. The number of benzene rings is 2. The van der Waals surface area contributed by atoms with Gasteiger partial charge in [-0.15, -0.1) is 0 Å². The largest absolute Gasteiger partial charge is 0.416 e. The minimum Gasteiger partial charge on any atom is -0.355 e. The number of rotatable bonds is 4. The van der Waals surface area contributed by atoms with Gasteiger partial charge in [0.15, 0.2) is 0 Å². The van der Waals surface area contributed by atoms with Gasteiger partial charge in [0.25, 0.3) is 11.8 Å². The molecule has 1 aromatic heterocycles.